The summed E-state index contributed by atoms with van der Waals surface area (Å²) < 4.78 is 0. The van der Waals surface area contributed by atoms with Crippen LogP contribution in [0.5, 0.6) is 0 Å². The van der Waals surface area contributed by atoms with E-state index in [0.717, 1.165) is 19.3 Å². The fraction of sp³-hybridized carbons (Fsp3) is 0.333. The summed E-state index contributed by atoms with van der Waals surface area (Å²) in [6.07, 6.45) is 3.43. The third-order valence-electron chi connectivity index (χ3n) is 6.03. The largest absolute Gasteiger partial charge is 0.0620 e. The molecule has 0 N–H and O–H groups in total. The number of hydrogen-bond donors (Lipinski definition) is 0. The molecule has 0 aromatic heterocycles. The molecule has 0 unspecified atom stereocenters. The van der Waals surface area contributed by atoms with E-state index in [-0.39, 0.29) is 0 Å². The maximum Gasteiger partial charge on any atom is -0.0305 e. The first-order valence-corrected chi connectivity index (χ1v) is 13.4. The van der Waals surface area contributed by atoms with Crippen LogP contribution in [0.1, 0.15) is 70.8 Å². The van der Waals surface area contributed by atoms with E-state index in [1.807, 2.05) is 0 Å². The lowest BCUT2D eigenvalue weighted by Gasteiger charge is -1.98. The van der Waals surface area contributed by atoms with E-state index in [0.29, 0.717) is 0 Å². The Hall–Kier alpha value is -3.12. The molecule has 4 aromatic rings. The average Bonchev–Trinajstić information content (AvgIpc) is 2.85. The summed E-state index contributed by atoms with van der Waals surface area (Å²) in [4.78, 5) is 0. The zero-order chi connectivity index (χ0) is 26.9. The van der Waals surface area contributed by atoms with Crippen molar-refractivity contribution in [1.82, 2.24) is 0 Å². The molecule has 0 aliphatic carbocycles. The third kappa shape index (κ3) is 13.1. The van der Waals surface area contributed by atoms with E-state index in [1.54, 1.807) is 0 Å². The molecule has 36 heavy (non-hydrogen) atoms. The second kappa shape index (κ2) is 17.3. The Morgan fingerprint density at radius 3 is 1.31 bits per heavy atom. The summed E-state index contributed by atoms with van der Waals surface area (Å²) >= 11 is 0. The molecule has 0 spiro atoms. The summed E-state index contributed by atoms with van der Waals surface area (Å²) in [5.41, 5.74) is 12.5. The summed E-state index contributed by atoms with van der Waals surface area (Å²) in [5, 5.41) is 0. The zero-order valence-corrected chi connectivity index (χ0v) is 24.3. The lowest BCUT2D eigenvalue weighted by atomic mass is 10.1. The van der Waals surface area contributed by atoms with Gasteiger partial charge in [0.15, 0.2) is 0 Å². The molecule has 0 atom stereocenters. The van der Waals surface area contributed by atoms with Gasteiger partial charge in [-0.2, -0.15) is 0 Å². The smallest absolute Gasteiger partial charge is 0.0305 e. The Kier molecular flexibility index (Phi) is 14.9. The first kappa shape index (κ1) is 30.9. The van der Waals surface area contributed by atoms with E-state index in [4.69, 9.17) is 0 Å². The lowest BCUT2D eigenvalue weighted by Crippen LogP contribution is -1.82. The average molecular weight is 481 g/mol. The molecule has 0 bridgehead atoms. The molecule has 0 radical (unpaired) electrons. The Labute approximate surface area is 222 Å². The van der Waals surface area contributed by atoms with Crippen LogP contribution in [0, 0.1) is 41.5 Å². The van der Waals surface area contributed by atoms with Gasteiger partial charge in [-0.25, -0.2) is 0 Å². The minimum absolute atomic E-state index is 1.14. The number of rotatable bonds is 3. The van der Waals surface area contributed by atoms with Gasteiger partial charge in [0.2, 0.25) is 0 Å². The maximum absolute atomic E-state index is 2.22. The molecule has 4 rings (SSSR count). The summed E-state index contributed by atoms with van der Waals surface area (Å²) in [6.45, 7) is 19.3. The van der Waals surface area contributed by atoms with Crippen LogP contribution in [0.2, 0.25) is 0 Å². The van der Waals surface area contributed by atoms with E-state index < -0.39 is 0 Å². The van der Waals surface area contributed by atoms with Crippen molar-refractivity contribution in [3.05, 3.63) is 141 Å². The Morgan fingerprint density at radius 2 is 0.917 bits per heavy atom. The number of aryl methyl sites for hydroxylation is 9. The predicted molar refractivity (Wildman–Crippen MR) is 162 cm³/mol. The van der Waals surface area contributed by atoms with Crippen molar-refractivity contribution in [2.75, 3.05) is 0 Å². The first-order valence-electron chi connectivity index (χ1n) is 13.4. The zero-order valence-electron chi connectivity index (χ0n) is 24.3. The fourth-order valence-corrected chi connectivity index (χ4v) is 3.96. The fourth-order valence-electron chi connectivity index (χ4n) is 3.96. The summed E-state index contributed by atoms with van der Waals surface area (Å²) in [6, 6.07) is 32.3. The molecule has 0 amide bonds. The van der Waals surface area contributed by atoms with Gasteiger partial charge in [-0.05, 0) is 83.1 Å². The quantitative estimate of drug-likeness (QED) is 0.273. The molecule has 0 saturated carbocycles. The first-order chi connectivity index (χ1) is 17.2. The molecule has 4 aromatic carbocycles. The number of benzene rings is 4. The molecule has 0 aliphatic rings. The molecule has 0 fully saturated rings. The second-order valence-electron chi connectivity index (χ2n) is 9.63. The van der Waals surface area contributed by atoms with Crippen LogP contribution in [0.4, 0.5) is 0 Å². The van der Waals surface area contributed by atoms with E-state index in [9.17, 15) is 0 Å². The van der Waals surface area contributed by atoms with Crippen LogP contribution in [0.3, 0.4) is 0 Å². The second-order valence-corrected chi connectivity index (χ2v) is 9.63. The third-order valence-corrected chi connectivity index (χ3v) is 6.03. The van der Waals surface area contributed by atoms with Crippen molar-refractivity contribution in [2.45, 2.75) is 81.6 Å². The highest BCUT2D eigenvalue weighted by molar-refractivity contribution is 5.27. The van der Waals surface area contributed by atoms with Gasteiger partial charge < -0.3 is 0 Å². The minimum Gasteiger partial charge on any atom is -0.0620 e. The van der Waals surface area contributed by atoms with E-state index >= 15 is 0 Å². The van der Waals surface area contributed by atoms with Gasteiger partial charge in [-0.1, -0.05) is 140 Å². The molecule has 192 valence electrons. The summed E-state index contributed by atoms with van der Waals surface area (Å²) in [7, 11) is 0. The standard InChI is InChI=1S/4C9H12/c1-7-4-8(2)6-9(3)5-7;1-3-9-6-4-8(2)5-7-9;1-3-9-6-4-5-8(2)7-9;1-3-9-7-5-4-6-8(9)2/h4-6H,1-3H3;3*4-7H,3H2,1-2H3. The van der Waals surface area contributed by atoms with Crippen molar-refractivity contribution < 1.29 is 0 Å². The van der Waals surface area contributed by atoms with Crippen LogP contribution < -0.4 is 0 Å². The van der Waals surface area contributed by atoms with Crippen molar-refractivity contribution in [1.29, 1.82) is 0 Å². The van der Waals surface area contributed by atoms with Crippen LogP contribution >= 0.6 is 0 Å². The summed E-state index contributed by atoms with van der Waals surface area (Å²) in [5.74, 6) is 0. The SMILES string of the molecule is CCc1ccc(C)cc1.CCc1cccc(C)c1.CCc1ccccc1C.Cc1cc(C)cc(C)c1. The van der Waals surface area contributed by atoms with Crippen molar-refractivity contribution in [3.8, 4) is 0 Å². The van der Waals surface area contributed by atoms with Crippen LogP contribution in [-0.4, -0.2) is 0 Å². The van der Waals surface area contributed by atoms with Gasteiger partial charge in [0.05, 0.1) is 0 Å². The normalized spacial score (nSPS) is 9.58. The van der Waals surface area contributed by atoms with E-state index in [2.05, 4.69) is 153 Å². The van der Waals surface area contributed by atoms with Crippen LogP contribution in [0.15, 0.2) is 91.0 Å². The predicted octanol–water partition coefficient (Wildman–Crippen LogP) is 10.3. The Morgan fingerprint density at radius 1 is 0.389 bits per heavy atom. The van der Waals surface area contributed by atoms with Crippen molar-refractivity contribution in [2.24, 2.45) is 0 Å². The van der Waals surface area contributed by atoms with Crippen LogP contribution in [-0.2, 0) is 19.3 Å². The molecule has 0 heterocycles. The molecule has 0 heteroatoms. The molecular formula is C36H48. The molecular weight excluding hydrogens is 432 g/mol. The van der Waals surface area contributed by atoms with Gasteiger partial charge in [0, 0.05) is 0 Å². The van der Waals surface area contributed by atoms with E-state index in [1.165, 1.54) is 50.1 Å². The number of hydrogen-bond acceptors (Lipinski definition) is 0. The minimum atomic E-state index is 1.14. The molecule has 0 nitrogen and oxygen atoms in total. The van der Waals surface area contributed by atoms with Crippen LogP contribution in [0.25, 0.3) is 0 Å². The highest BCUT2D eigenvalue weighted by Crippen LogP contribution is 2.07. The lowest BCUT2D eigenvalue weighted by molar-refractivity contribution is 1.11. The van der Waals surface area contributed by atoms with Crippen molar-refractivity contribution in [3.63, 3.8) is 0 Å². The molecule has 0 aliphatic heterocycles. The highest BCUT2D eigenvalue weighted by atomic mass is 14.0. The van der Waals surface area contributed by atoms with Gasteiger partial charge in [-0.3, -0.25) is 0 Å². The Balaban J connectivity index is 0.000000240. The van der Waals surface area contributed by atoms with Gasteiger partial charge >= 0.3 is 0 Å². The topological polar surface area (TPSA) is 0 Å². The van der Waals surface area contributed by atoms with Gasteiger partial charge in [-0.15, -0.1) is 0 Å². The van der Waals surface area contributed by atoms with Gasteiger partial charge in [0.1, 0.15) is 0 Å². The van der Waals surface area contributed by atoms with Gasteiger partial charge in [0.25, 0.3) is 0 Å². The highest BCUT2D eigenvalue weighted by Gasteiger charge is 1.90. The molecule has 0 saturated heterocycles. The maximum atomic E-state index is 2.22. The monoisotopic (exact) mass is 480 g/mol. The Bertz CT molecular complexity index is 1080. The van der Waals surface area contributed by atoms with Crippen molar-refractivity contribution >= 4 is 0 Å².